The van der Waals surface area contributed by atoms with Gasteiger partial charge in [-0.1, -0.05) is 12.1 Å². The summed E-state index contributed by atoms with van der Waals surface area (Å²) in [4.78, 5) is 0. The van der Waals surface area contributed by atoms with Gasteiger partial charge in [-0.2, -0.15) is 0 Å². The Morgan fingerprint density at radius 2 is 1.67 bits per heavy atom. The minimum Gasteiger partial charge on any atom is -0.508 e. The Kier molecular flexibility index (Phi) is 3.15. The molecule has 0 aromatic heterocycles. The molecule has 2 rings (SSSR count). The van der Waals surface area contributed by atoms with Crippen LogP contribution in [0.5, 0.6) is 5.75 Å². The Morgan fingerprint density at radius 1 is 1.11 bits per heavy atom. The van der Waals surface area contributed by atoms with Crippen molar-refractivity contribution in [2.24, 2.45) is 0 Å². The zero-order chi connectivity index (χ0) is 13.6. The number of rotatable bonds is 2. The molecule has 1 fully saturated rings. The predicted molar refractivity (Wildman–Crippen MR) is 65.7 cm³/mol. The molecule has 2 atom stereocenters. The summed E-state index contributed by atoms with van der Waals surface area (Å²) >= 11 is 0. The first-order valence-electron chi connectivity index (χ1n) is 5.77. The van der Waals surface area contributed by atoms with Crippen molar-refractivity contribution in [3.05, 3.63) is 29.8 Å². The number of aliphatic hydroxyl groups excluding tert-OH is 1. The molecule has 6 heteroatoms. The van der Waals surface area contributed by atoms with Gasteiger partial charge in [-0.3, -0.25) is 0 Å². The molecule has 1 saturated heterocycles. The van der Waals surface area contributed by atoms with E-state index in [2.05, 4.69) is 0 Å². The molecule has 98 valence electrons. The number of phenols is 1. The van der Waals surface area contributed by atoms with E-state index in [1.165, 1.54) is 12.1 Å². The Hall–Kier alpha value is -1.08. The van der Waals surface area contributed by atoms with Crippen LogP contribution in [-0.4, -0.2) is 33.8 Å². The predicted octanol–water partition coefficient (Wildman–Crippen LogP) is 0.987. The molecule has 1 aromatic rings. The highest BCUT2D eigenvalue weighted by molar-refractivity contribution is 6.35. The summed E-state index contributed by atoms with van der Waals surface area (Å²) in [6.45, 7) is 5.17. The van der Waals surface area contributed by atoms with Crippen molar-refractivity contribution < 1.29 is 24.5 Å². The Labute approximate surface area is 106 Å². The van der Waals surface area contributed by atoms with E-state index in [0.29, 0.717) is 5.56 Å². The summed E-state index contributed by atoms with van der Waals surface area (Å²) in [6, 6.07) is 6.19. The van der Waals surface area contributed by atoms with Gasteiger partial charge in [0.05, 0.1) is 5.60 Å². The smallest absolute Gasteiger partial charge is 0.508 e. The molecule has 5 nitrogen and oxygen atoms in total. The fraction of sp³-hybridized carbons (Fsp3) is 0.500. The van der Waals surface area contributed by atoms with Crippen LogP contribution in [0.2, 0.25) is 0 Å². The van der Waals surface area contributed by atoms with Gasteiger partial charge in [0.25, 0.3) is 0 Å². The van der Waals surface area contributed by atoms with Gasteiger partial charge < -0.3 is 24.5 Å². The second-order valence-electron chi connectivity index (χ2n) is 5.15. The molecular weight excluding hydrogens is 235 g/mol. The standard InChI is InChI=1S/C12H17BO5/c1-11(2)12(3,18-13(16)17-11)10(15)8-4-6-9(14)7-5-8/h4-7,10,14-16H,1-3H3. The van der Waals surface area contributed by atoms with Crippen LogP contribution in [-0.2, 0) is 9.31 Å². The fourth-order valence-corrected chi connectivity index (χ4v) is 2.11. The van der Waals surface area contributed by atoms with Crippen molar-refractivity contribution >= 4 is 7.32 Å². The van der Waals surface area contributed by atoms with Gasteiger partial charge in [0.15, 0.2) is 0 Å². The van der Waals surface area contributed by atoms with E-state index in [1.54, 1.807) is 32.9 Å². The molecule has 2 unspecified atom stereocenters. The zero-order valence-electron chi connectivity index (χ0n) is 10.6. The van der Waals surface area contributed by atoms with Crippen LogP contribution < -0.4 is 0 Å². The normalized spacial score (nSPS) is 28.4. The van der Waals surface area contributed by atoms with Crippen molar-refractivity contribution in [3.63, 3.8) is 0 Å². The van der Waals surface area contributed by atoms with Gasteiger partial charge in [-0.25, -0.2) is 0 Å². The Balaban J connectivity index is 2.32. The van der Waals surface area contributed by atoms with Crippen molar-refractivity contribution in [1.29, 1.82) is 0 Å². The molecule has 3 N–H and O–H groups in total. The van der Waals surface area contributed by atoms with Gasteiger partial charge >= 0.3 is 7.32 Å². The molecule has 18 heavy (non-hydrogen) atoms. The summed E-state index contributed by atoms with van der Waals surface area (Å²) < 4.78 is 10.6. The molecule has 1 heterocycles. The largest absolute Gasteiger partial charge is 0.637 e. The topological polar surface area (TPSA) is 79.2 Å². The second-order valence-corrected chi connectivity index (χ2v) is 5.15. The van der Waals surface area contributed by atoms with E-state index in [9.17, 15) is 15.2 Å². The molecule has 0 aliphatic carbocycles. The van der Waals surface area contributed by atoms with Crippen LogP contribution in [0.4, 0.5) is 0 Å². The van der Waals surface area contributed by atoms with Gasteiger partial charge in [0, 0.05) is 0 Å². The van der Waals surface area contributed by atoms with E-state index in [1.807, 2.05) is 0 Å². The van der Waals surface area contributed by atoms with Crippen LogP contribution in [0.3, 0.4) is 0 Å². The van der Waals surface area contributed by atoms with E-state index in [0.717, 1.165) is 0 Å². The molecule has 0 bridgehead atoms. The van der Waals surface area contributed by atoms with E-state index in [4.69, 9.17) is 9.31 Å². The van der Waals surface area contributed by atoms with E-state index < -0.39 is 24.6 Å². The van der Waals surface area contributed by atoms with Crippen molar-refractivity contribution in [2.45, 2.75) is 38.1 Å². The van der Waals surface area contributed by atoms with Crippen LogP contribution in [0.25, 0.3) is 0 Å². The lowest BCUT2D eigenvalue weighted by Gasteiger charge is -2.39. The molecule has 1 aliphatic heterocycles. The summed E-state index contributed by atoms with van der Waals surface area (Å²) in [5.74, 6) is 0.124. The lowest BCUT2D eigenvalue weighted by molar-refractivity contribution is -0.0998. The number of aromatic hydroxyl groups is 1. The highest BCUT2D eigenvalue weighted by Gasteiger charge is 2.58. The molecule has 0 amide bonds. The van der Waals surface area contributed by atoms with Gasteiger partial charge in [-0.15, -0.1) is 0 Å². The summed E-state index contributed by atoms with van der Waals surface area (Å²) in [7, 11) is -1.35. The third-order valence-electron chi connectivity index (χ3n) is 3.67. The summed E-state index contributed by atoms with van der Waals surface area (Å²) in [5, 5.41) is 29.1. The number of hydrogen-bond acceptors (Lipinski definition) is 5. The lowest BCUT2D eigenvalue weighted by atomic mass is 9.80. The van der Waals surface area contributed by atoms with Crippen LogP contribution in [0.1, 0.15) is 32.4 Å². The van der Waals surface area contributed by atoms with Crippen LogP contribution in [0, 0.1) is 0 Å². The average Bonchev–Trinajstić information content (AvgIpc) is 2.48. The van der Waals surface area contributed by atoms with E-state index >= 15 is 0 Å². The first-order valence-corrected chi connectivity index (χ1v) is 5.77. The molecule has 1 aliphatic rings. The van der Waals surface area contributed by atoms with E-state index in [-0.39, 0.29) is 5.75 Å². The third-order valence-corrected chi connectivity index (χ3v) is 3.67. The highest BCUT2D eigenvalue weighted by Crippen LogP contribution is 2.45. The molecular formula is C12H17BO5. The third kappa shape index (κ3) is 2.01. The first-order chi connectivity index (χ1) is 8.26. The quantitative estimate of drug-likeness (QED) is 0.684. The fourth-order valence-electron chi connectivity index (χ4n) is 2.11. The lowest BCUT2D eigenvalue weighted by Crippen LogP contribution is -2.49. The van der Waals surface area contributed by atoms with Crippen LogP contribution in [0.15, 0.2) is 24.3 Å². The monoisotopic (exact) mass is 252 g/mol. The van der Waals surface area contributed by atoms with Gasteiger partial charge in [-0.05, 0) is 38.5 Å². The minimum atomic E-state index is -1.35. The van der Waals surface area contributed by atoms with Crippen LogP contribution >= 0.6 is 0 Å². The summed E-state index contributed by atoms with van der Waals surface area (Å²) in [6.07, 6.45) is -0.981. The zero-order valence-corrected chi connectivity index (χ0v) is 10.6. The van der Waals surface area contributed by atoms with Gasteiger partial charge in [0.1, 0.15) is 17.5 Å². The Morgan fingerprint density at radius 3 is 2.11 bits per heavy atom. The number of aliphatic hydroxyl groups is 1. The Bertz CT molecular complexity index is 433. The molecule has 0 radical (unpaired) electrons. The maximum Gasteiger partial charge on any atom is 0.637 e. The molecule has 1 aromatic carbocycles. The number of phenolic OH excluding ortho intramolecular Hbond substituents is 1. The first kappa shape index (κ1) is 13.4. The van der Waals surface area contributed by atoms with Gasteiger partial charge in [0.2, 0.25) is 0 Å². The van der Waals surface area contributed by atoms with Crippen molar-refractivity contribution in [2.75, 3.05) is 0 Å². The maximum atomic E-state index is 10.4. The number of benzene rings is 1. The SMILES string of the molecule is CC1(C)OB(O)OC1(C)C(O)c1ccc(O)cc1. The van der Waals surface area contributed by atoms with Crippen molar-refractivity contribution in [3.8, 4) is 5.75 Å². The number of hydrogen-bond donors (Lipinski definition) is 3. The van der Waals surface area contributed by atoms with Crippen molar-refractivity contribution in [1.82, 2.24) is 0 Å². The molecule has 0 spiro atoms. The molecule has 0 saturated carbocycles. The maximum absolute atomic E-state index is 10.4. The average molecular weight is 252 g/mol. The minimum absolute atomic E-state index is 0.124. The second kappa shape index (κ2) is 4.24. The highest BCUT2D eigenvalue weighted by atomic mass is 16.7. The summed E-state index contributed by atoms with van der Waals surface area (Å²) in [5.41, 5.74) is -1.34.